The van der Waals surface area contributed by atoms with Crippen molar-refractivity contribution in [3.05, 3.63) is 0 Å². The number of likely N-dealkylation sites (tertiary alicyclic amines) is 1. The highest BCUT2D eigenvalue weighted by atomic mass is 16.3. The van der Waals surface area contributed by atoms with Gasteiger partial charge in [-0.15, -0.1) is 0 Å². The molecule has 0 aromatic carbocycles. The van der Waals surface area contributed by atoms with E-state index in [-0.39, 0.29) is 6.61 Å². The van der Waals surface area contributed by atoms with Gasteiger partial charge in [0.05, 0.1) is 0 Å². The Kier molecular flexibility index (Phi) is 2.66. The molecule has 16 heavy (non-hydrogen) atoms. The SMILES string of the molecule is O=C(C1C2CCCCC21)N1CCC(CO)C1. The van der Waals surface area contributed by atoms with Crippen molar-refractivity contribution in [2.75, 3.05) is 19.7 Å². The van der Waals surface area contributed by atoms with Crippen molar-refractivity contribution in [1.82, 2.24) is 4.90 Å². The highest BCUT2D eigenvalue weighted by Gasteiger charge is 2.56. The predicted molar refractivity (Wildman–Crippen MR) is 60.7 cm³/mol. The first-order chi connectivity index (χ1) is 7.81. The van der Waals surface area contributed by atoms with E-state index in [2.05, 4.69) is 0 Å². The van der Waals surface area contributed by atoms with Gasteiger partial charge in [-0.05, 0) is 31.1 Å². The van der Waals surface area contributed by atoms with Gasteiger partial charge in [-0.2, -0.15) is 0 Å². The first-order valence-corrected chi connectivity index (χ1v) is 6.71. The number of amides is 1. The van der Waals surface area contributed by atoms with E-state index in [1.54, 1.807) is 0 Å². The maximum Gasteiger partial charge on any atom is 0.226 e. The molecule has 3 rings (SSSR count). The van der Waals surface area contributed by atoms with E-state index in [1.807, 2.05) is 4.90 Å². The lowest BCUT2D eigenvalue weighted by atomic mass is 10.0. The van der Waals surface area contributed by atoms with Crippen molar-refractivity contribution in [2.24, 2.45) is 23.7 Å². The van der Waals surface area contributed by atoms with Crippen molar-refractivity contribution in [3.63, 3.8) is 0 Å². The molecule has 3 heteroatoms. The van der Waals surface area contributed by atoms with Crippen LogP contribution in [0.2, 0.25) is 0 Å². The van der Waals surface area contributed by atoms with Crippen LogP contribution in [0, 0.1) is 23.7 Å². The summed E-state index contributed by atoms with van der Waals surface area (Å²) in [5, 5.41) is 9.09. The zero-order valence-electron chi connectivity index (χ0n) is 9.77. The zero-order valence-corrected chi connectivity index (χ0v) is 9.77. The second kappa shape index (κ2) is 4.02. The zero-order chi connectivity index (χ0) is 11.1. The average molecular weight is 223 g/mol. The van der Waals surface area contributed by atoms with E-state index in [0.717, 1.165) is 31.3 Å². The van der Waals surface area contributed by atoms with Gasteiger partial charge in [-0.1, -0.05) is 12.8 Å². The second-order valence-corrected chi connectivity index (χ2v) is 5.76. The summed E-state index contributed by atoms with van der Waals surface area (Å²) in [7, 11) is 0. The summed E-state index contributed by atoms with van der Waals surface area (Å²) < 4.78 is 0. The fourth-order valence-corrected chi connectivity index (χ4v) is 3.75. The van der Waals surface area contributed by atoms with E-state index in [0.29, 0.717) is 17.7 Å². The van der Waals surface area contributed by atoms with Crippen LogP contribution in [-0.4, -0.2) is 35.6 Å². The van der Waals surface area contributed by atoms with Crippen LogP contribution in [0.3, 0.4) is 0 Å². The number of hydrogen-bond donors (Lipinski definition) is 1. The molecule has 1 heterocycles. The molecule has 3 aliphatic rings. The number of rotatable bonds is 2. The number of nitrogens with zero attached hydrogens (tertiary/aromatic N) is 1. The molecular weight excluding hydrogens is 202 g/mol. The van der Waals surface area contributed by atoms with E-state index in [4.69, 9.17) is 5.11 Å². The molecule has 90 valence electrons. The summed E-state index contributed by atoms with van der Waals surface area (Å²) in [5.74, 6) is 2.53. The van der Waals surface area contributed by atoms with Gasteiger partial charge < -0.3 is 10.0 Å². The van der Waals surface area contributed by atoms with Gasteiger partial charge in [0, 0.05) is 31.5 Å². The summed E-state index contributed by atoms with van der Waals surface area (Å²) in [4.78, 5) is 14.3. The Morgan fingerprint density at radius 2 is 1.88 bits per heavy atom. The third kappa shape index (κ3) is 1.65. The van der Waals surface area contributed by atoms with Crippen molar-refractivity contribution in [2.45, 2.75) is 32.1 Å². The molecule has 1 amide bonds. The predicted octanol–water partition coefficient (Wildman–Crippen LogP) is 1.26. The molecule has 3 nitrogen and oxygen atoms in total. The van der Waals surface area contributed by atoms with Gasteiger partial charge in [-0.3, -0.25) is 4.79 Å². The molecule has 0 radical (unpaired) electrons. The molecule has 1 aliphatic heterocycles. The van der Waals surface area contributed by atoms with E-state index in [1.165, 1.54) is 25.7 Å². The van der Waals surface area contributed by atoms with E-state index in [9.17, 15) is 4.79 Å². The Morgan fingerprint density at radius 3 is 2.44 bits per heavy atom. The minimum atomic E-state index is 0.237. The Morgan fingerprint density at radius 1 is 1.19 bits per heavy atom. The van der Waals surface area contributed by atoms with Crippen LogP contribution in [0.25, 0.3) is 0 Å². The average Bonchev–Trinajstić information content (AvgIpc) is 2.84. The summed E-state index contributed by atoms with van der Waals surface area (Å²) in [6, 6.07) is 0. The van der Waals surface area contributed by atoms with E-state index < -0.39 is 0 Å². The molecule has 0 spiro atoms. The molecule has 0 aromatic rings. The first-order valence-electron chi connectivity index (χ1n) is 6.71. The third-order valence-electron chi connectivity index (χ3n) is 4.80. The Bertz CT molecular complexity index is 280. The smallest absolute Gasteiger partial charge is 0.226 e. The minimum Gasteiger partial charge on any atom is -0.396 e. The second-order valence-electron chi connectivity index (χ2n) is 5.76. The Labute approximate surface area is 96.8 Å². The van der Waals surface area contributed by atoms with Crippen LogP contribution in [0.5, 0.6) is 0 Å². The van der Waals surface area contributed by atoms with Gasteiger partial charge in [0.2, 0.25) is 5.91 Å². The molecule has 2 saturated carbocycles. The normalized spacial score (nSPS) is 41.9. The molecule has 2 aliphatic carbocycles. The highest BCUT2D eigenvalue weighted by molar-refractivity contribution is 5.82. The Balaban J connectivity index is 1.58. The largest absolute Gasteiger partial charge is 0.396 e. The van der Waals surface area contributed by atoms with Gasteiger partial charge in [0.25, 0.3) is 0 Å². The van der Waals surface area contributed by atoms with Crippen molar-refractivity contribution >= 4 is 5.91 Å². The van der Waals surface area contributed by atoms with Gasteiger partial charge >= 0.3 is 0 Å². The molecule has 3 unspecified atom stereocenters. The summed E-state index contributed by atoms with van der Waals surface area (Å²) in [6.45, 7) is 1.91. The lowest BCUT2D eigenvalue weighted by Gasteiger charge is -2.16. The highest BCUT2D eigenvalue weighted by Crippen LogP contribution is 2.56. The van der Waals surface area contributed by atoms with Crippen molar-refractivity contribution < 1.29 is 9.90 Å². The number of aliphatic hydroxyl groups excluding tert-OH is 1. The number of carbonyl (C=O) groups is 1. The quantitative estimate of drug-likeness (QED) is 0.765. The lowest BCUT2D eigenvalue weighted by molar-refractivity contribution is -0.132. The molecule has 1 N–H and O–H groups in total. The van der Waals surface area contributed by atoms with Crippen LogP contribution < -0.4 is 0 Å². The van der Waals surface area contributed by atoms with Crippen molar-refractivity contribution in [3.8, 4) is 0 Å². The first kappa shape index (κ1) is 10.6. The van der Waals surface area contributed by atoms with Crippen LogP contribution in [0.15, 0.2) is 0 Å². The number of aliphatic hydroxyl groups is 1. The Hall–Kier alpha value is -0.570. The summed E-state index contributed by atoms with van der Waals surface area (Å²) >= 11 is 0. The monoisotopic (exact) mass is 223 g/mol. The summed E-state index contributed by atoms with van der Waals surface area (Å²) in [6.07, 6.45) is 6.19. The number of carbonyl (C=O) groups excluding carboxylic acids is 1. The standard InChI is InChI=1S/C13H21NO2/c15-8-9-5-6-14(7-9)13(16)12-10-3-1-2-4-11(10)12/h9-12,15H,1-8H2. The topological polar surface area (TPSA) is 40.5 Å². The lowest BCUT2D eigenvalue weighted by Crippen LogP contribution is -2.31. The van der Waals surface area contributed by atoms with Crippen LogP contribution in [0.4, 0.5) is 0 Å². The fourth-order valence-electron chi connectivity index (χ4n) is 3.75. The minimum absolute atomic E-state index is 0.237. The van der Waals surface area contributed by atoms with Crippen LogP contribution in [-0.2, 0) is 4.79 Å². The fraction of sp³-hybridized carbons (Fsp3) is 0.923. The molecule has 3 fully saturated rings. The maximum absolute atomic E-state index is 12.3. The summed E-state index contributed by atoms with van der Waals surface area (Å²) in [5.41, 5.74) is 0. The van der Waals surface area contributed by atoms with Gasteiger partial charge in [0.15, 0.2) is 0 Å². The van der Waals surface area contributed by atoms with Crippen molar-refractivity contribution in [1.29, 1.82) is 0 Å². The molecule has 0 aromatic heterocycles. The molecule has 3 atom stereocenters. The molecular formula is C13H21NO2. The number of fused-ring (bicyclic) bond motifs is 1. The van der Waals surface area contributed by atoms with Crippen LogP contribution >= 0.6 is 0 Å². The molecule has 0 bridgehead atoms. The van der Waals surface area contributed by atoms with Crippen LogP contribution in [0.1, 0.15) is 32.1 Å². The van der Waals surface area contributed by atoms with Gasteiger partial charge in [-0.25, -0.2) is 0 Å². The third-order valence-corrected chi connectivity index (χ3v) is 4.80. The number of hydrogen-bond acceptors (Lipinski definition) is 2. The van der Waals surface area contributed by atoms with Gasteiger partial charge in [0.1, 0.15) is 0 Å². The molecule has 1 saturated heterocycles. The maximum atomic E-state index is 12.3. The van der Waals surface area contributed by atoms with E-state index >= 15 is 0 Å².